The fourth-order valence-electron chi connectivity index (χ4n) is 2.02. The van der Waals surface area contributed by atoms with Crippen LogP contribution in [-0.2, 0) is 0 Å². The molecule has 3 heteroatoms. The molecule has 0 spiro atoms. The summed E-state index contributed by atoms with van der Waals surface area (Å²) >= 11 is 3.60. The first kappa shape index (κ1) is 13.1. The van der Waals surface area contributed by atoms with Gasteiger partial charge in [-0.05, 0) is 36.4 Å². The summed E-state index contributed by atoms with van der Waals surface area (Å²) in [6, 6.07) is 16.5. The number of ether oxygens (including phenoxy) is 1. The third-order valence-electron chi connectivity index (χ3n) is 2.94. The van der Waals surface area contributed by atoms with E-state index >= 15 is 0 Å². The van der Waals surface area contributed by atoms with Crippen LogP contribution in [0.4, 0.5) is 0 Å². The zero-order valence-corrected chi connectivity index (χ0v) is 12.1. The van der Waals surface area contributed by atoms with Crippen LogP contribution in [0.3, 0.4) is 0 Å². The first-order chi connectivity index (χ1) is 8.76. The Morgan fingerprint density at radius 1 is 1.11 bits per heavy atom. The third-order valence-corrected chi connectivity index (χ3v) is 3.66. The summed E-state index contributed by atoms with van der Waals surface area (Å²) in [6.45, 7) is 0. The van der Waals surface area contributed by atoms with Gasteiger partial charge in [-0.1, -0.05) is 46.3 Å². The summed E-state index contributed by atoms with van der Waals surface area (Å²) in [6.07, 6.45) is 0. The number of hydrogen-bond donors (Lipinski definition) is 1. The first-order valence-electron chi connectivity index (χ1n) is 5.82. The topological polar surface area (TPSA) is 21.3 Å². The van der Waals surface area contributed by atoms with E-state index < -0.39 is 0 Å². The molecule has 1 unspecified atom stereocenters. The molecule has 0 aliphatic carbocycles. The molecule has 2 aromatic rings. The highest BCUT2D eigenvalue weighted by Crippen LogP contribution is 2.31. The van der Waals surface area contributed by atoms with E-state index in [0.29, 0.717) is 0 Å². The van der Waals surface area contributed by atoms with Crippen LogP contribution < -0.4 is 10.1 Å². The smallest absolute Gasteiger partial charge is 0.119 e. The second-order valence-corrected chi connectivity index (χ2v) is 4.87. The second kappa shape index (κ2) is 6.03. The highest BCUT2D eigenvalue weighted by Gasteiger charge is 2.15. The van der Waals surface area contributed by atoms with Crippen molar-refractivity contribution in [2.75, 3.05) is 14.2 Å². The lowest BCUT2D eigenvalue weighted by molar-refractivity contribution is 0.413. The van der Waals surface area contributed by atoms with Crippen molar-refractivity contribution in [1.82, 2.24) is 5.32 Å². The van der Waals surface area contributed by atoms with E-state index in [0.717, 1.165) is 10.2 Å². The molecule has 0 saturated heterocycles. The highest BCUT2D eigenvalue weighted by atomic mass is 79.9. The fraction of sp³-hybridized carbons (Fsp3) is 0.200. The van der Waals surface area contributed by atoms with E-state index in [-0.39, 0.29) is 6.04 Å². The number of methoxy groups -OCH3 is 1. The average Bonchev–Trinajstić information content (AvgIpc) is 2.43. The lowest BCUT2D eigenvalue weighted by Gasteiger charge is -2.19. The minimum atomic E-state index is 0.149. The number of rotatable bonds is 4. The SMILES string of the molecule is CNC(c1ccccc1)c1cc(OC)ccc1Br. The molecular formula is C15H16BrNO. The lowest BCUT2D eigenvalue weighted by Crippen LogP contribution is -2.18. The van der Waals surface area contributed by atoms with Gasteiger partial charge < -0.3 is 10.1 Å². The molecule has 2 aromatic carbocycles. The van der Waals surface area contributed by atoms with Gasteiger partial charge in [0.25, 0.3) is 0 Å². The number of halogens is 1. The van der Waals surface area contributed by atoms with Gasteiger partial charge in [-0.3, -0.25) is 0 Å². The zero-order chi connectivity index (χ0) is 13.0. The van der Waals surface area contributed by atoms with Gasteiger partial charge in [-0.15, -0.1) is 0 Å². The van der Waals surface area contributed by atoms with Crippen LogP contribution in [0.5, 0.6) is 5.75 Å². The van der Waals surface area contributed by atoms with E-state index in [2.05, 4.69) is 39.4 Å². The van der Waals surface area contributed by atoms with Crippen LogP contribution in [0.2, 0.25) is 0 Å². The van der Waals surface area contributed by atoms with Crippen LogP contribution in [0, 0.1) is 0 Å². The van der Waals surface area contributed by atoms with Crippen molar-refractivity contribution in [2.24, 2.45) is 0 Å². The first-order valence-corrected chi connectivity index (χ1v) is 6.61. The molecule has 0 saturated carbocycles. The molecule has 0 aromatic heterocycles. The summed E-state index contributed by atoms with van der Waals surface area (Å²) in [4.78, 5) is 0. The van der Waals surface area contributed by atoms with Crippen LogP contribution in [0.1, 0.15) is 17.2 Å². The van der Waals surface area contributed by atoms with Crippen LogP contribution in [0.15, 0.2) is 53.0 Å². The Balaban J connectivity index is 2.44. The molecule has 2 nitrogen and oxygen atoms in total. The van der Waals surface area contributed by atoms with E-state index in [1.54, 1.807) is 7.11 Å². The van der Waals surface area contributed by atoms with Gasteiger partial charge >= 0.3 is 0 Å². The Kier molecular flexibility index (Phi) is 4.39. The predicted octanol–water partition coefficient (Wildman–Crippen LogP) is 3.77. The van der Waals surface area contributed by atoms with Gasteiger partial charge in [0, 0.05) is 4.47 Å². The van der Waals surface area contributed by atoms with Crippen LogP contribution >= 0.6 is 15.9 Å². The number of benzene rings is 2. The van der Waals surface area contributed by atoms with E-state index in [1.807, 2.05) is 37.4 Å². The van der Waals surface area contributed by atoms with Gasteiger partial charge in [0.1, 0.15) is 5.75 Å². The molecule has 0 amide bonds. The largest absolute Gasteiger partial charge is 0.497 e. The molecule has 1 N–H and O–H groups in total. The fourth-order valence-corrected chi connectivity index (χ4v) is 2.49. The summed E-state index contributed by atoms with van der Waals surface area (Å²) in [7, 11) is 3.65. The Labute approximate surface area is 116 Å². The molecule has 94 valence electrons. The van der Waals surface area contributed by atoms with Gasteiger partial charge in [-0.2, -0.15) is 0 Å². The predicted molar refractivity (Wildman–Crippen MR) is 78.0 cm³/mol. The van der Waals surface area contributed by atoms with E-state index in [1.165, 1.54) is 11.1 Å². The van der Waals surface area contributed by atoms with Gasteiger partial charge in [0.05, 0.1) is 13.2 Å². The van der Waals surface area contributed by atoms with E-state index in [9.17, 15) is 0 Å². The van der Waals surface area contributed by atoms with Crippen molar-refractivity contribution in [3.05, 3.63) is 64.1 Å². The van der Waals surface area contributed by atoms with Crippen LogP contribution in [-0.4, -0.2) is 14.2 Å². The summed E-state index contributed by atoms with van der Waals surface area (Å²) in [5.41, 5.74) is 2.40. The minimum absolute atomic E-state index is 0.149. The standard InChI is InChI=1S/C15H16BrNO/c1-17-15(11-6-4-3-5-7-11)13-10-12(18-2)8-9-14(13)16/h3-10,15,17H,1-2H3. The quantitative estimate of drug-likeness (QED) is 0.928. The van der Waals surface area contributed by atoms with Crippen LogP contribution in [0.25, 0.3) is 0 Å². The minimum Gasteiger partial charge on any atom is -0.497 e. The monoisotopic (exact) mass is 305 g/mol. The molecule has 0 aliphatic rings. The van der Waals surface area contributed by atoms with Crippen molar-refractivity contribution in [2.45, 2.75) is 6.04 Å². The molecule has 0 bridgehead atoms. The van der Waals surface area contributed by atoms with E-state index in [4.69, 9.17) is 4.74 Å². The molecule has 0 aliphatic heterocycles. The molecule has 0 fully saturated rings. The van der Waals surface area contributed by atoms with Gasteiger partial charge in [0.2, 0.25) is 0 Å². The highest BCUT2D eigenvalue weighted by molar-refractivity contribution is 9.10. The lowest BCUT2D eigenvalue weighted by atomic mass is 9.99. The Morgan fingerprint density at radius 3 is 2.44 bits per heavy atom. The zero-order valence-electron chi connectivity index (χ0n) is 10.5. The van der Waals surface area contributed by atoms with Crippen molar-refractivity contribution < 1.29 is 4.74 Å². The number of hydrogen-bond acceptors (Lipinski definition) is 2. The molecule has 18 heavy (non-hydrogen) atoms. The Hall–Kier alpha value is -1.32. The molecule has 2 rings (SSSR count). The van der Waals surface area contributed by atoms with Gasteiger partial charge in [-0.25, -0.2) is 0 Å². The maximum Gasteiger partial charge on any atom is 0.119 e. The molecule has 0 heterocycles. The second-order valence-electron chi connectivity index (χ2n) is 4.02. The summed E-state index contributed by atoms with van der Waals surface area (Å²) in [5, 5.41) is 3.34. The Morgan fingerprint density at radius 2 is 1.83 bits per heavy atom. The maximum atomic E-state index is 5.29. The number of nitrogens with one attached hydrogen (secondary N) is 1. The summed E-state index contributed by atoms with van der Waals surface area (Å²) < 4.78 is 6.37. The summed E-state index contributed by atoms with van der Waals surface area (Å²) in [5.74, 6) is 0.865. The molecule has 1 atom stereocenters. The Bertz CT molecular complexity index is 513. The molecular weight excluding hydrogens is 290 g/mol. The average molecular weight is 306 g/mol. The maximum absolute atomic E-state index is 5.29. The molecule has 0 radical (unpaired) electrons. The van der Waals surface area contributed by atoms with Crippen molar-refractivity contribution in [3.63, 3.8) is 0 Å². The van der Waals surface area contributed by atoms with Crippen molar-refractivity contribution in [1.29, 1.82) is 0 Å². The van der Waals surface area contributed by atoms with Crippen molar-refractivity contribution >= 4 is 15.9 Å². The van der Waals surface area contributed by atoms with Gasteiger partial charge in [0.15, 0.2) is 0 Å². The normalized spacial score (nSPS) is 12.2. The van der Waals surface area contributed by atoms with Crippen molar-refractivity contribution in [3.8, 4) is 5.75 Å². The third kappa shape index (κ3) is 2.74.